The summed E-state index contributed by atoms with van der Waals surface area (Å²) in [5, 5.41) is 3.00. The molecule has 96 valence electrons. The first-order valence-electron chi connectivity index (χ1n) is 6.15. The molecule has 4 nitrogen and oxygen atoms in total. The highest BCUT2D eigenvalue weighted by Gasteiger charge is 1.96. The number of nitrogens with zero attached hydrogens (tertiary/aromatic N) is 1. The molecule has 1 rings (SSSR count). The summed E-state index contributed by atoms with van der Waals surface area (Å²) >= 11 is 0. The fourth-order valence-corrected chi connectivity index (χ4v) is 1.36. The van der Waals surface area contributed by atoms with Gasteiger partial charge in [0.15, 0.2) is 0 Å². The summed E-state index contributed by atoms with van der Waals surface area (Å²) < 4.78 is 10.9. The summed E-state index contributed by atoms with van der Waals surface area (Å²) in [6, 6.07) is 3.94. The van der Waals surface area contributed by atoms with Crippen LogP contribution in [0.1, 0.15) is 25.3 Å². The lowest BCUT2D eigenvalue weighted by molar-refractivity contribution is 0.0397. The molecule has 0 bridgehead atoms. The highest BCUT2D eigenvalue weighted by atomic mass is 16.5. The highest BCUT2D eigenvalue weighted by molar-refractivity contribution is 5.36. The van der Waals surface area contributed by atoms with Gasteiger partial charge in [-0.05, 0) is 24.1 Å². The Balaban J connectivity index is 2.09. The van der Waals surface area contributed by atoms with Gasteiger partial charge >= 0.3 is 0 Å². The van der Waals surface area contributed by atoms with Gasteiger partial charge in [0.05, 0.1) is 19.8 Å². The fraction of sp³-hybridized carbons (Fsp3) is 0.615. The van der Waals surface area contributed by atoms with Gasteiger partial charge in [0.1, 0.15) is 5.82 Å². The predicted octanol–water partition coefficient (Wildman–Crippen LogP) is 2.46. The van der Waals surface area contributed by atoms with Gasteiger partial charge in [-0.15, -0.1) is 0 Å². The summed E-state index contributed by atoms with van der Waals surface area (Å²) in [6.45, 7) is 4.90. The first kappa shape index (κ1) is 13.9. The lowest BCUT2D eigenvalue weighted by atomic mass is 10.3. The van der Waals surface area contributed by atoms with Gasteiger partial charge in [0, 0.05) is 19.9 Å². The van der Waals surface area contributed by atoms with Crippen LogP contribution in [-0.4, -0.2) is 31.9 Å². The molecule has 0 spiro atoms. The van der Waals surface area contributed by atoms with Crippen molar-refractivity contribution in [3.05, 3.63) is 23.9 Å². The van der Waals surface area contributed by atoms with Crippen molar-refractivity contribution in [1.82, 2.24) is 4.98 Å². The van der Waals surface area contributed by atoms with Crippen molar-refractivity contribution in [2.75, 3.05) is 32.2 Å². The Morgan fingerprint density at radius 2 is 2.06 bits per heavy atom. The molecular formula is C13H22N2O2. The van der Waals surface area contributed by atoms with E-state index in [0.29, 0.717) is 19.8 Å². The van der Waals surface area contributed by atoms with E-state index in [2.05, 4.69) is 17.2 Å². The molecular weight excluding hydrogens is 216 g/mol. The molecule has 0 saturated heterocycles. The molecule has 0 radical (unpaired) electrons. The molecule has 0 aliphatic heterocycles. The van der Waals surface area contributed by atoms with Crippen LogP contribution in [0.5, 0.6) is 0 Å². The van der Waals surface area contributed by atoms with Crippen LogP contribution >= 0.6 is 0 Å². The van der Waals surface area contributed by atoms with Crippen LogP contribution in [-0.2, 0) is 16.1 Å². The van der Waals surface area contributed by atoms with Crippen molar-refractivity contribution < 1.29 is 9.47 Å². The van der Waals surface area contributed by atoms with Gasteiger partial charge in [-0.25, -0.2) is 4.98 Å². The minimum absolute atomic E-state index is 0.605. The van der Waals surface area contributed by atoms with Gasteiger partial charge in [0.25, 0.3) is 0 Å². The maximum absolute atomic E-state index is 5.52. The second-order valence-electron chi connectivity index (χ2n) is 3.82. The maximum atomic E-state index is 5.52. The highest BCUT2D eigenvalue weighted by Crippen LogP contribution is 2.06. The van der Waals surface area contributed by atoms with E-state index in [9.17, 15) is 0 Å². The lowest BCUT2D eigenvalue weighted by Crippen LogP contribution is -2.05. The van der Waals surface area contributed by atoms with Crippen LogP contribution < -0.4 is 5.32 Å². The minimum atomic E-state index is 0.605. The van der Waals surface area contributed by atoms with E-state index in [1.807, 2.05) is 19.2 Å². The Labute approximate surface area is 103 Å². The van der Waals surface area contributed by atoms with Crippen LogP contribution in [0.3, 0.4) is 0 Å². The van der Waals surface area contributed by atoms with Crippen LogP contribution in [0.4, 0.5) is 5.82 Å². The second-order valence-corrected chi connectivity index (χ2v) is 3.82. The molecule has 0 aliphatic rings. The van der Waals surface area contributed by atoms with Crippen molar-refractivity contribution >= 4 is 5.82 Å². The van der Waals surface area contributed by atoms with E-state index in [1.54, 1.807) is 6.20 Å². The SMILES string of the molecule is CCCCOCCOCc1ccnc(NC)c1. The molecule has 4 heteroatoms. The number of rotatable bonds is 9. The average molecular weight is 238 g/mol. The summed E-state index contributed by atoms with van der Waals surface area (Å²) in [5.41, 5.74) is 1.12. The summed E-state index contributed by atoms with van der Waals surface area (Å²) in [4.78, 5) is 4.14. The predicted molar refractivity (Wildman–Crippen MR) is 69.2 cm³/mol. The summed E-state index contributed by atoms with van der Waals surface area (Å²) in [5.74, 6) is 0.866. The zero-order valence-corrected chi connectivity index (χ0v) is 10.7. The number of hydrogen-bond acceptors (Lipinski definition) is 4. The minimum Gasteiger partial charge on any atom is -0.379 e. The molecule has 0 unspecified atom stereocenters. The smallest absolute Gasteiger partial charge is 0.125 e. The van der Waals surface area contributed by atoms with Crippen molar-refractivity contribution in [1.29, 1.82) is 0 Å². The van der Waals surface area contributed by atoms with Crippen LogP contribution in [0.2, 0.25) is 0 Å². The van der Waals surface area contributed by atoms with E-state index in [1.165, 1.54) is 6.42 Å². The van der Waals surface area contributed by atoms with E-state index < -0.39 is 0 Å². The lowest BCUT2D eigenvalue weighted by Gasteiger charge is -2.06. The average Bonchev–Trinajstić information content (AvgIpc) is 2.38. The van der Waals surface area contributed by atoms with Crippen molar-refractivity contribution in [3.8, 4) is 0 Å². The maximum Gasteiger partial charge on any atom is 0.125 e. The van der Waals surface area contributed by atoms with Crippen molar-refractivity contribution in [3.63, 3.8) is 0 Å². The van der Waals surface area contributed by atoms with Crippen LogP contribution in [0, 0.1) is 0 Å². The standard InChI is InChI=1S/C13H22N2O2/c1-3-4-7-16-8-9-17-11-12-5-6-15-13(10-12)14-2/h5-6,10H,3-4,7-9,11H2,1-2H3,(H,14,15). The number of unbranched alkanes of at least 4 members (excludes halogenated alkanes) is 1. The number of aromatic nitrogens is 1. The van der Waals surface area contributed by atoms with Gasteiger partial charge < -0.3 is 14.8 Å². The summed E-state index contributed by atoms with van der Waals surface area (Å²) in [7, 11) is 1.86. The second kappa shape index (κ2) is 8.96. The molecule has 0 aromatic carbocycles. The van der Waals surface area contributed by atoms with Gasteiger partial charge in [-0.1, -0.05) is 13.3 Å². The molecule has 0 amide bonds. The molecule has 0 aliphatic carbocycles. The van der Waals surface area contributed by atoms with E-state index >= 15 is 0 Å². The molecule has 17 heavy (non-hydrogen) atoms. The topological polar surface area (TPSA) is 43.4 Å². The Hall–Kier alpha value is -1.13. The van der Waals surface area contributed by atoms with Gasteiger partial charge in [-0.3, -0.25) is 0 Å². The Bertz CT molecular complexity index is 305. The number of anilines is 1. The van der Waals surface area contributed by atoms with Gasteiger partial charge in [-0.2, -0.15) is 0 Å². The van der Waals surface area contributed by atoms with E-state index in [-0.39, 0.29) is 0 Å². The van der Waals surface area contributed by atoms with Gasteiger partial charge in [0.2, 0.25) is 0 Å². The van der Waals surface area contributed by atoms with E-state index in [0.717, 1.165) is 24.4 Å². The Morgan fingerprint density at radius 3 is 2.82 bits per heavy atom. The number of ether oxygens (including phenoxy) is 2. The number of nitrogens with one attached hydrogen (secondary N) is 1. The third kappa shape index (κ3) is 6.24. The van der Waals surface area contributed by atoms with Crippen LogP contribution in [0.25, 0.3) is 0 Å². The number of pyridine rings is 1. The van der Waals surface area contributed by atoms with Crippen LogP contribution in [0.15, 0.2) is 18.3 Å². The number of hydrogen-bond donors (Lipinski definition) is 1. The quantitative estimate of drug-likeness (QED) is 0.671. The Morgan fingerprint density at radius 1 is 1.24 bits per heavy atom. The first-order chi connectivity index (χ1) is 8.36. The molecule has 0 saturated carbocycles. The molecule has 0 atom stereocenters. The molecule has 1 aromatic rings. The zero-order valence-electron chi connectivity index (χ0n) is 10.7. The third-order valence-corrected chi connectivity index (χ3v) is 2.36. The Kier molecular flexibility index (Phi) is 7.34. The molecule has 1 aromatic heterocycles. The van der Waals surface area contributed by atoms with Crippen molar-refractivity contribution in [2.45, 2.75) is 26.4 Å². The summed E-state index contributed by atoms with van der Waals surface area (Å²) in [6.07, 6.45) is 4.07. The van der Waals surface area contributed by atoms with Crippen molar-refractivity contribution in [2.24, 2.45) is 0 Å². The molecule has 1 N–H and O–H groups in total. The zero-order chi connectivity index (χ0) is 12.3. The monoisotopic (exact) mass is 238 g/mol. The normalized spacial score (nSPS) is 10.5. The first-order valence-corrected chi connectivity index (χ1v) is 6.15. The third-order valence-electron chi connectivity index (χ3n) is 2.36. The van der Waals surface area contributed by atoms with E-state index in [4.69, 9.17) is 9.47 Å². The molecule has 0 fully saturated rings. The fourth-order valence-electron chi connectivity index (χ4n) is 1.36. The largest absolute Gasteiger partial charge is 0.379 e. The molecule has 1 heterocycles.